The van der Waals surface area contributed by atoms with Crippen molar-refractivity contribution in [1.82, 2.24) is 0 Å². The second-order valence-corrected chi connectivity index (χ2v) is 6.74. The maximum absolute atomic E-state index is 13.0. The molecule has 140 valence electrons. The second kappa shape index (κ2) is 8.76. The molecule has 0 saturated heterocycles. The molecule has 1 saturated carbocycles. The van der Waals surface area contributed by atoms with Crippen LogP contribution in [0, 0.1) is 5.92 Å². The van der Waals surface area contributed by atoms with Crippen molar-refractivity contribution < 1.29 is 4.79 Å². The highest BCUT2D eigenvalue weighted by Gasteiger charge is 2.31. The molecule has 0 atom stereocenters. The average Bonchev–Trinajstić information content (AvgIpc) is 3.46. The Morgan fingerprint density at radius 2 is 1.62 bits per heavy atom. The van der Waals surface area contributed by atoms with Gasteiger partial charge in [0.05, 0.1) is 11.4 Å². The number of carbonyl (C=O) groups is 1. The summed E-state index contributed by atoms with van der Waals surface area (Å²) in [5.41, 5.74) is 9.61. The molecule has 2 N–H and O–H groups in total. The fourth-order valence-corrected chi connectivity index (χ4v) is 3.37. The molecular weight excluding hydrogens is 369 g/mol. The number of fused-ring (bicyclic) bond motifs is 1. The van der Waals surface area contributed by atoms with Crippen molar-refractivity contribution in [3.63, 3.8) is 0 Å². The van der Waals surface area contributed by atoms with Gasteiger partial charge >= 0.3 is 0 Å². The summed E-state index contributed by atoms with van der Waals surface area (Å²) in [7, 11) is 0. The quantitative estimate of drug-likeness (QED) is 0.857. The van der Waals surface area contributed by atoms with Gasteiger partial charge in [0.25, 0.3) is 5.91 Å². The third kappa shape index (κ3) is 4.14. The summed E-state index contributed by atoms with van der Waals surface area (Å²) >= 11 is 0. The number of halogens is 2. The van der Waals surface area contributed by atoms with Crippen LogP contribution in [0.4, 0.5) is 11.4 Å². The molecule has 6 heteroatoms. The number of benzene rings is 2. The van der Waals surface area contributed by atoms with Crippen LogP contribution in [0.5, 0.6) is 0 Å². The first-order valence-electron chi connectivity index (χ1n) is 8.71. The second-order valence-electron chi connectivity index (χ2n) is 6.74. The Morgan fingerprint density at radius 3 is 2.23 bits per heavy atom. The highest BCUT2D eigenvalue weighted by molar-refractivity contribution is 6.08. The molecule has 2 aromatic carbocycles. The Bertz CT molecular complexity index is 747. The summed E-state index contributed by atoms with van der Waals surface area (Å²) < 4.78 is 0. The first-order valence-corrected chi connectivity index (χ1v) is 8.71. The summed E-state index contributed by atoms with van der Waals surface area (Å²) in [4.78, 5) is 17.3. The SMILES string of the molecule is Cl.Cl.NCc1ccc(C(=O)N2CCN(CC3CC3)c3ccccc32)cc1. The van der Waals surface area contributed by atoms with Gasteiger partial charge in [-0.25, -0.2) is 0 Å². The zero-order valence-corrected chi connectivity index (χ0v) is 16.3. The van der Waals surface area contributed by atoms with Gasteiger partial charge in [-0.1, -0.05) is 24.3 Å². The van der Waals surface area contributed by atoms with E-state index in [4.69, 9.17) is 5.73 Å². The number of rotatable bonds is 4. The molecule has 0 spiro atoms. The van der Waals surface area contributed by atoms with Gasteiger partial charge in [0.2, 0.25) is 0 Å². The summed E-state index contributed by atoms with van der Waals surface area (Å²) in [5.74, 6) is 0.904. The van der Waals surface area contributed by atoms with E-state index in [0.717, 1.165) is 42.4 Å². The molecule has 4 rings (SSSR count). The van der Waals surface area contributed by atoms with Crippen LogP contribution in [0.25, 0.3) is 0 Å². The van der Waals surface area contributed by atoms with Crippen LogP contribution in [-0.4, -0.2) is 25.5 Å². The molecular formula is C20H25Cl2N3O. The summed E-state index contributed by atoms with van der Waals surface area (Å²) in [6.45, 7) is 3.25. The largest absolute Gasteiger partial charge is 0.368 e. The fraction of sp³-hybridized carbons (Fsp3) is 0.350. The van der Waals surface area contributed by atoms with Crippen molar-refractivity contribution in [2.75, 3.05) is 29.4 Å². The van der Waals surface area contributed by atoms with Crippen LogP contribution in [0.1, 0.15) is 28.8 Å². The fourth-order valence-electron chi connectivity index (χ4n) is 3.37. The molecule has 1 amide bonds. The van der Waals surface area contributed by atoms with Crippen molar-refractivity contribution in [2.24, 2.45) is 11.7 Å². The number of amides is 1. The van der Waals surface area contributed by atoms with Gasteiger partial charge in [-0.2, -0.15) is 0 Å². The van der Waals surface area contributed by atoms with E-state index in [1.807, 2.05) is 35.2 Å². The number of anilines is 2. The summed E-state index contributed by atoms with van der Waals surface area (Å²) in [5, 5.41) is 0. The van der Waals surface area contributed by atoms with Crippen molar-refractivity contribution in [2.45, 2.75) is 19.4 Å². The topological polar surface area (TPSA) is 49.6 Å². The molecule has 0 bridgehead atoms. The highest BCUT2D eigenvalue weighted by atomic mass is 35.5. The first kappa shape index (κ1) is 20.6. The van der Waals surface area contributed by atoms with E-state index >= 15 is 0 Å². The van der Waals surface area contributed by atoms with Crippen molar-refractivity contribution in [3.8, 4) is 0 Å². The summed E-state index contributed by atoms with van der Waals surface area (Å²) in [6, 6.07) is 15.9. The van der Waals surface area contributed by atoms with E-state index < -0.39 is 0 Å². The Kier molecular flexibility index (Phi) is 6.93. The van der Waals surface area contributed by atoms with Gasteiger partial charge < -0.3 is 15.5 Å². The Labute approximate surface area is 167 Å². The third-order valence-electron chi connectivity index (χ3n) is 4.96. The van der Waals surface area contributed by atoms with Gasteiger partial charge in [0.1, 0.15) is 0 Å². The van der Waals surface area contributed by atoms with E-state index in [1.165, 1.54) is 18.5 Å². The predicted molar refractivity (Wildman–Crippen MR) is 112 cm³/mol. The van der Waals surface area contributed by atoms with Crippen LogP contribution >= 0.6 is 24.8 Å². The molecule has 0 radical (unpaired) electrons. The predicted octanol–water partition coefficient (Wildman–Crippen LogP) is 3.87. The Morgan fingerprint density at radius 1 is 0.962 bits per heavy atom. The summed E-state index contributed by atoms with van der Waals surface area (Å²) in [6.07, 6.45) is 2.68. The zero-order valence-electron chi connectivity index (χ0n) is 14.6. The minimum Gasteiger partial charge on any atom is -0.368 e. The molecule has 0 aromatic heterocycles. The van der Waals surface area contributed by atoms with Crippen molar-refractivity contribution >= 4 is 42.1 Å². The first-order chi connectivity index (χ1) is 11.8. The van der Waals surface area contributed by atoms with E-state index in [0.29, 0.717) is 6.54 Å². The van der Waals surface area contributed by atoms with E-state index in [-0.39, 0.29) is 30.7 Å². The van der Waals surface area contributed by atoms with Crippen LogP contribution in [0.15, 0.2) is 48.5 Å². The number of nitrogens with zero attached hydrogens (tertiary/aromatic N) is 2. The smallest absolute Gasteiger partial charge is 0.258 e. The minimum atomic E-state index is 0. The molecule has 1 heterocycles. The molecule has 1 aliphatic carbocycles. The molecule has 0 unspecified atom stereocenters. The van der Waals surface area contributed by atoms with Crippen molar-refractivity contribution in [3.05, 3.63) is 59.7 Å². The maximum Gasteiger partial charge on any atom is 0.258 e. The Balaban J connectivity index is 0.00000121. The number of para-hydroxylation sites is 2. The number of hydrogen-bond acceptors (Lipinski definition) is 3. The van der Waals surface area contributed by atoms with Crippen LogP contribution < -0.4 is 15.5 Å². The lowest BCUT2D eigenvalue weighted by Crippen LogP contribution is -2.44. The standard InChI is InChI=1S/C20H23N3O.2ClH/c21-13-15-7-9-17(10-8-15)20(24)23-12-11-22(14-16-5-6-16)18-3-1-2-4-19(18)23;;/h1-4,7-10,16H,5-6,11-14,21H2;2*1H. The monoisotopic (exact) mass is 393 g/mol. The Hall–Kier alpha value is -1.75. The molecule has 2 aliphatic rings. The average molecular weight is 394 g/mol. The zero-order chi connectivity index (χ0) is 16.5. The lowest BCUT2D eigenvalue weighted by molar-refractivity contribution is 0.0986. The molecule has 1 aliphatic heterocycles. The lowest BCUT2D eigenvalue weighted by Gasteiger charge is -2.38. The molecule has 26 heavy (non-hydrogen) atoms. The van der Waals surface area contributed by atoms with Crippen LogP contribution in [-0.2, 0) is 6.54 Å². The van der Waals surface area contributed by atoms with Gasteiger partial charge in [0.15, 0.2) is 0 Å². The third-order valence-corrected chi connectivity index (χ3v) is 4.96. The molecule has 1 fully saturated rings. The molecule has 2 aromatic rings. The number of hydrogen-bond donors (Lipinski definition) is 1. The van der Waals surface area contributed by atoms with Crippen LogP contribution in [0.2, 0.25) is 0 Å². The number of carbonyl (C=O) groups excluding carboxylic acids is 1. The van der Waals surface area contributed by atoms with E-state index in [1.54, 1.807) is 0 Å². The lowest BCUT2D eigenvalue weighted by atomic mass is 10.1. The van der Waals surface area contributed by atoms with Gasteiger partial charge in [-0.3, -0.25) is 4.79 Å². The number of nitrogens with two attached hydrogens (primary N) is 1. The normalized spacial score (nSPS) is 15.6. The van der Waals surface area contributed by atoms with Gasteiger partial charge in [-0.05, 0) is 48.6 Å². The van der Waals surface area contributed by atoms with Gasteiger partial charge in [-0.15, -0.1) is 24.8 Å². The maximum atomic E-state index is 13.0. The molecule has 4 nitrogen and oxygen atoms in total. The van der Waals surface area contributed by atoms with Crippen LogP contribution in [0.3, 0.4) is 0 Å². The highest BCUT2D eigenvalue weighted by Crippen LogP contribution is 2.37. The van der Waals surface area contributed by atoms with Crippen molar-refractivity contribution in [1.29, 1.82) is 0 Å². The van der Waals surface area contributed by atoms with Gasteiger partial charge in [0, 0.05) is 31.7 Å². The van der Waals surface area contributed by atoms with E-state index in [9.17, 15) is 4.79 Å². The minimum absolute atomic E-state index is 0. The van der Waals surface area contributed by atoms with E-state index in [2.05, 4.69) is 23.1 Å².